The van der Waals surface area contributed by atoms with Crippen LogP contribution in [-0.4, -0.2) is 36.6 Å². The van der Waals surface area contributed by atoms with Gasteiger partial charge in [-0.15, -0.1) is 0 Å². The van der Waals surface area contributed by atoms with Gasteiger partial charge in [-0.1, -0.05) is 6.07 Å². The third kappa shape index (κ3) is 4.23. The first kappa shape index (κ1) is 17.3. The molecule has 0 unspecified atom stereocenters. The number of nitriles is 1. The summed E-state index contributed by atoms with van der Waals surface area (Å²) in [5.74, 6) is 0.819. The quantitative estimate of drug-likeness (QED) is 0.782. The molecule has 124 valence electrons. The van der Waals surface area contributed by atoms with Crippen LogP contribution in [0.25, 0.3) is 0 Å². The van der Waals surface area contributed by atoms with Crippen LogP contribution in [0.3, 0.4) is 0 Å². The molecule has 1 amide bonds. The van der Waals surface area contributed by atoms with Gasteiger partial charge in [0, 0.05) is 25.5 Å². The van der Waals surface area contributed by atoms with E-state index in [9.17, 15) is 4.79 Å². The molecule has 0 radical (unpaired) electrons. The first-order valence-electron chi connectivity index (χ1n) is 7.46. The second-order valence-electron chi connectivity index (χ2n) is 5.06. The molecule has 0 saturated carbocycles. The summed E-state index contributed by atoms with van der Waals surface area (Å²) < 4.78 is 10.5. The van der Waals surface area contributed by atoms with Crippen LogP contribution in [0.1, 0.15) is 22.3 Å². The second kappa shape index (κ2) is 8.53. The van der Waals surface area contributed by atoms with Crippen molar-refractivity contribution in [2.24, 2.45) is 0 Å². The van der Waals surface area contributed by atoms with E-state index in [1.54, 1.807) is 42.6 Å². The minimum absolute atomic E-state index is 0.218. The zero-order valence-electron chi connectivity index (χ0n) is 13.7. The van der Waals surface area contributed by atoms with Gasteiger partial charge in [-0.3, -0.25) is 9.78 Å². The number of carbonyl (C=O) groups is 1. The number of nitrogens with zero attached hydrogens (tertiary/aromatic N) is 3. The molecule has 2 aromatic rings. The molecule has 0 fully saturated rings. The Morgan fingerprint density at radius 1 is 1.29 bits per heavy atom. The third-order valence-electron chi connectivity index (χ3n) is 3.51. The van der Waals surface area contributed by atoms with E-state index in [0.29, 0.717) is 30.2 Å². The number of rotatable bonds is 7. The number of ether oxygens (including phenoxy) is 2. The number of aromatic nitrogens is 1. The van der Waals surface area contributed by atoms with Gasteiger partial charge in [0.05, 0.1) is 32.3 Å². The van der Waals surface area contributed by atoms with Gasteiger partial charge in [0.15, 0.2) is 0 Å². The monoisotopic (exact) mass is 325 g/mol. The predicted octanol–water partition coefficient (Wildman–Crippen LogP) is 2.65. The van der Waals surface area contributed by atoms with E-state index in [1.807, 2.05) is 12.1 Å². The number of methoxy groups -OCH3 is 2. The summed E-state index contributed by atoms with van der Waals surface area (Å²) in [7, 11) is 3.05. The Balaban J connectivity index is 2.31. The van der Waals surface area contributed by atoms with Crippen LogP contribution in [0.15, 0.2) is 42.7 Å². The van der Waals surface area contributed by atoms with Crippen molar-refractivity contribution in [2.75, 3.05) is 20.8 Å². The molecule has 6 heteroatoms. The van der Waals surface area contributed by atoms with Crippen molar-refractivity contribution in [3.8, 4) is 17.6 Å². The number of amides is 1. The molecule has 0 spiro atoms. The molecule has 0 aliphatic heterocycles. The molecule has 0 atom stereocenters. The largest absolute Gasteiger partial charge is 0.497 e. The van der Waals surface area contributed by atoms with Crippen molar-refractivity contribution < 1.29 is 14.3 Å². The fourth-order valence-electron chi connectivity index (χ4n) is 2.30. The molecule has 24 heavy (non-hydrogen) atoms. The molecule has 1 heterocycles. The highest BCUT2D eigenvalue weighted by Gasteiger charge is 2.20. The molecular weight excluding hydrogens is 306 g/mol. The third-order valence-corrected chi connectivity index (χ3v) is 3.51. The average molecular weight is 325 g/mol. The highest BCUT2D eigenvalue weighted by Crippen LogP contribution is 2.26. The number of benzene rings is 1. The fraction of sp³-hybridized carbons (Fsp3) is 0.278. The SMILES string of the molecule is COc1ccc(OC)c(C(=O)N(CCC#N)Cc2cccnc2)c1. The Labute approximate surface area is 141 Å². The average Bonchev–Trinajstić information content (AvgIpc) is 2.64. The first-order chi connectivity index (χ1) is 11.7. The molecule has 0 N–H and O–H groups in total. The zero-order chi connectivity index (χ0) is 17.4. The number of hydrogen-bond donors (Lipinski definition) is 0. The van der Waals surface area contributed by atoms with E-state index in [2.05, 4.69) is 11.1 Å². The van der Waals surface area contributed by atoms with Crippen LogP contribution >= 0.6 is 0 Å². The van der Waals surface area contributed by atoms with Crippen LogP contribution in [0.2, 0.25) is 0 Å². The van der Waals surface area contributed by atoms with Crippen molar-refractivity contribution in [1.29, 1.82) is 5.26 Å². The van der Waals surface area contributed by atoms with E-state index in [4.69, 9.17) is 14.7 Å². The standard InChI is InChI=1S/C18H19N3O3/c1-23-15-6-7-17(24-2)16(11-15)18(22)21(10-4-8-19)13-14-5-3-9-20-12-14/h3,5-7,9,11-12H,4,10,13H2,1-2H3. The molecular formula is C18H19N3O3. The molecule has 0 aliphatic carbocycles. The summed E-state index contributed by atoms with van der Waals surface area (Å²) in [6.07, 6.45) is 3.63. The number of hydrogen-bond acceptors (Lipinski definition) is 5. The van der Waals surface area contributed by atoms with Crippen LogP contribution in [-0.2, 0) is 6.54 Å². The first-order valence-corrected chi connectivity index (χ1v) is 7.46. The maximum atomic E-state index is 13.0. The molecule has 2 rings (SSSR count). The van der Waals surface area contributed by atoms with Crippen LogP contribution < -0.4 is 9.47 Å². The Bertz CT molecular complexity index is 726. The summed E-state index contributed by atoms with van der Waals surface area (Å²) in [4.78, 5) is 18.6. The summed E-state index contributed by atoms with van der Waals surface area (Å²) in [5.41, 5.74) is 1.30. The van der Waals surface area contributed by atoms with E-state index >= 15 is 0 Å². The molecule has 1 aromatic carbocycles. The Kier molecular flexibility index (Phi) is 6.15. The predicted molar refractivity (Wildman–Crippen MR) is 88.8 cm³/mol. The lowest BCUT2D eigenvalue weighted by molar-refractivity contribution is 0.0743. The van der Waals surface area contributed by atoms with Gasteiger partial charge in [-0.25, -0.2) is 0 Å². The molecule has 0 aliphatic rings. The van der Waals surface area contributed by atoms with Crippen LogP contribution in [0.5, 0.6) is 11.5 Å². The lowest BCUT2D eigenvalue weighted by atomic mass is 10.1. The number of carbonyl (C=O) groups excluding carboxylic acids is 1. The molecule has 1 aromatic heterocycles. The highest BCUT2D eigenvalue weighted by atomic mass is 16.5. The Hall–Kier alpha value is -3.07. The van der Waals surface area contributed by atoms with E-state index in [0.717, 1.165) is 5.56 Å². The maximum Gasteiger partial charge on any atom is 0.258 e. The lowest BCUT2D eigenvalue weighted by Gasteiger charge is -2.23. The van der Waals surface area contributed by atoms with Gasteiger partial charge in [0.25, 0.3) is 5.91 Å². The van der Waals surface area contributed by atoms with Crippen molar-refractivity contribution in [3.05, 3.63) is 53.9 Å². The van der Waals surface area contributed by atoms with Crippen molar-refractivity contribution in [2.45, 2.75) is 13.0 Å². The van der Waals surface area contributed by atoms with E-state index in [-0.39, 0.29) is 12.3 Å². The topological polar surface area (TPSA) is 75.5 Å². The van der Waals surface area contributed by atoms with E-state index < -0.39 is 0 Å². The van der Waals surface area contributed by atoms with Crippen molar-refractivity contribution in [3.63, 3.8) is 0 Å². The van der Waals surface area contributed by atoms with Crippen molar-refractivity contribution in [1.82, 2.24) is 9.88 Å². The summed E-state index contributed by atoms with van der Waals surface area (Å²) >= 11 is 0. The highest BCUT2D eigenvalue weighted by molar-refractivity contribution is 5.97. The van der Waals surface area contributed by atoms with Gasteiger partial charge in [-0.2, -0.15) is 5.26 Å². The summed E-state index contributed by atoms with van der Waals surface area (Å²) in [5, 5.41) is 8.87. The zero-order valence-corrected chi connectivity index (χ0v) is 13.7. The van der Waals surface area contributed by atoms with Crippen LogP contribution in [0, 0.1) is 11.3 Å². The van der Waals surface area contributed by atoms with Crippen LogP contribution in [0.4, 0.5) is 0 Å². The lowest BCUT2D eigenvalue weighted by Crippen LogP contribution is -2.31. The second-order valence-corrected chi connectivity index (χ2v) is 5.06. The van der Waals surface area contributed by atoms with Gasteiger partial charge in [0.2, 0.25) is 0 Å². The van der Waals surface area contributed by atoms with Gasteiger partial charge in [-0.05, 0) is 29.8 Å². The minimum Gasteiger partial charge on any atom is -0.497 e. The van der Waals surface area contributed by atoms with E-state index in [1.165, 1.54) is 7.11 Å². The Morgan fingerprint density at radius 2 is 2.12 bits per heavy atom. The molecule has 6 nitrogen and oxygen atoms in total. The summed E-state index contributed by atoms with van der Waals surface area (Å²) in [6.45, 7) is 0.694. The molecule has 0 bridgehead atoms. The smallest absolute Gasteiger partial charge is 0.258 e. The maximum absolute atomic E-state index is 13.0. The minimum atomic E-state index is -0.218. The normalized spacial score (nSPS) is 9.88. The van der Waals surface area contributed by atoms with Crippen molar-refractivity contribution >= 4 is 5.91 Å². The van der Waals surface area contributed by atoms with Gasteiger partial charge in [0.1, 0.15) is 11.5 Å². The van der Waals surface area contributed by atoms with Gasteiger partial charge < -0.3 is 14.4 Å². The number of pyridine rings is 1. The Morgan fingerprint density at radius 3 is 2.75 bits per heavy atom. The fourth-order valence-corrected chi connectivity index (χ4v) is 2.30. The summed E-state index contributed by atoms with van der Waals surface area (Å²) in [6, 6.07) is 10.8. The van der Waals surface area contributed by atoms with Gasteiger partial charge >= 0.3 is 0 Å². The molecule has 0 saturated heterocycles.